The number of H-pyrrole nitrogens is 1. The number of aromatic nitrogens is 2. The number of imidazole rings is 1. The normalized spacial score (nSPS) is 15.6. The molecular weight excluding hydrogens is 380 g/mol. The van der Waals surface area contributed by atoms with Gasteiger partial charge in [-0.05, 0) is 18.1 Å². The van der Waals surface area contributed by atoms with Gasteiger partial charge in [-0.1, -0.05) is 54.3 Å². The number of nitrogens with zero attached hydrogens (tertiary/aromatic N) is 2. The quantitative estimate of drug-likeness (QED) is 0.526. The molecule has 1 aliphatic heterocycles. The summed E-state index contributed by atoms with van der Waals surface area (Å²) >= 11 is 6.63. The van der Waals surface area contributed by atoms with Crippen LogP contribution in [0.25, 0.3) is 6.08 Å². The molecular formula is C19H20N4O2S2. The average Bonchev–Trinajstić information content (AvgIpc) is 3.26. The predicted molar refractivity (Wildman–Crippen MR) is 111 cm³/mol. The van der Waals surface area contributed by atoms with Gasteiger partial charge in [-0.2, -0.15) is 0 Å². The standard InChI is InChI=1S/C19H20N4O2S2/c24-17(21-9-8-15-12-20-13-22-15)7-4-10-23-18(25)16(27-19(23)26)11-14-5-2-1-3-6-14/h1-3,5-6,11-13H,4,7-10H2,(H,20,22)(H,21,24). The number of thiocarbonyl (C=S) groups is 1. The van der Waals surface area contributed by atoms with Crippen LogP contribution in [0.1, 0.15) is 24.1 Å². The molecule has 2 amide bonds. The van der Waals surface area contributed by atoms with Gasteiger partial charge in [0.05, 0.1) is 11.2 Å². The van der Waals surface area contributed by atoms with Gasteiger partial charge in [0.25, 0.3) is 5.91 Å². The summed E-state index contributed by atoms with van der Waals surface area (Å²) in [6.07, 6.45) is 6.85. The largest absolute Gasteiger partial charge is 0.356 e. The highest BCUT2D eigenvalue weighted by Crippen LogP contribution is 2.32. The van der Waals surface area contributed by atoms with E-state index in [0.717, 1.165) is 11.3 Å². The molecule has 27 heavy (non-hydrogen) atoms. The van der Waals surface area contributed by atoms with E-state index < -0.39 is 0 Å². The van der Waals surface area contributed by atoms with Gasteiger partial charge in [-0.25, -0.2) is 4.98 Å². The van der Waals surface area contributed by atoms with Crippen LogP contribution in [-0.4, -0.2) is 44.1 Å². The van der Waals surface area contributed by atoms with E-state index >= 15 is 0 Å². The van der Waals surface area contributed by atoms with Crippen LogP contribution < -0.4 is 5.32 Å². The summed E-state index contributed by atoms with van der Waals surface area (Å²) < 4.78 is 0.543. The zero-order valence-corrected chi connectivity index (χ0v) is 16.3. The van der Waals surface area contributed by atoms with Gasteiger partial charge in [-0.15, -0.1) is 0 Å². The third-order valence-corrected chi connectivity index (χ3v) is 5.41. The number of thioether (sulfide) groups is 1. The van der Waals surface area contributed by atoms with Crippen molar-refractivity contribution in [2.45, 2.75) is 19.3 Å². The van der Waals surface area contributed by atoms with Crippen molar-refractivity contribution in [2.24, 2.45) is 0 Å². The van der Waals surface area contributed by atoms with Crippen LogP contribution in [-0.2, 0) is 16.0 Å². The summed E-state index contributed by atoms with van der Waals surface area (Å²) in [4.78, 5) is 33.6. The Morgan fingerprint density at radius 2 is 2.15 bits per heavy atom. The second-order valence-electron chi connectivity index (χ2n) is 6.02. The molecule has 1 aromatic carbocycles. The summed E-state index contributed by atoms with van der Waals surface area (Å²) in [6, 6.07) is 9.68. The van der Waals surface area contributed by atoms with Gasteiger partial charge >= 0.3 is 0 Å². The van der Waals surface area contributed by atoms with Crippen molar-refractivity contribution in [3.8, 4) is 0 Å². The van der Waals surface area contributed by atoms with Crippen molar-refractivity contribution >= 4 is 46.2 Å². The summed E-state index contributed by atoms with van der Waals surface area (Å²) in [5.74, 6) is -0.117. The van der Waals surface area contributed by atoms with Crippen molar-refractivity contribution in [1.82, 2.24) is 20.2 Å². The molecule has 0 atom stereocenters. The van der Waals surface area contributed by atoms with Crippen molar-refractivity contribution in [3.05, 3.63) is 59.0 Å². The first kappa shape index (κ1) is 19.3. The second-order valence-corrected chi connectivity index (χ2v) is 7.70. The molecule has 2 aromatic rings. The highest BCUT2D eigenvalue weighted by molar-refractivity contribution is 8.26. The molecule has 6 nitrogen and oxygen atoms in total. The molecule has 0 aliphatic carbocycles. The van der Waals surface area contributed by atoms with E-state index in [4.69, 9.17) is 12.2 Å². The first-order valence-corrected chi connectivity index (χ1v) is 9.90. The summed E-state index contributed by atoms with van der Waals surface area (Å²) in [7, 11) is 0. The van der Waals surface area contributed by atoms with E-state index in [0.29, 0.717) is 41.6 Å². The van der Waals surface area contributed by atoms with Crippen LogP contribution in [0, 0.1) is 0 Å². The van der Waals surface area contributed by atoms with Gasteiger partial charge in [0.1, 0.15) is 4.32 Å². The molecule has 1 aromatic heterocycles. The zero-order valence-electron chi connectivity index (χ0n) is 14.7. The van der Waals surface area contributed by atoms with E-state index in [9.17, 15) is 9.59 Å². The molecule has 8 heteroatoms. The SMILES string of the molecule is O=C(CCCN1C(=O)C(=Cc2ccccc2)SC1=S)NCCc1cnc[nH]1. The lowest BCUT2D eigenvalue weighted by Crippen LogP contribution is -2.31. The molecule has 2 heterocycles. The maximum atomic E-state index is 12.5. The molecule has 0 spiro atoms. The molecule has 0 unspecified atom stereocenters. The Kier molecular flexibility index (Phi) is 6.78. The van der Waals surface area contributed by atoms with Crippen molar-refractivity contribution in [1.29, 1.82) is 0 Å². The number of rotatable bonds is 8. The van der Waals surface area contributed by atoms with E-state index in [1.165, 1.54) is 11.8 Å². The van der Waals surface area contributed by atoms with Gasteiger partial charge < -0.3 is 10.3 Å². The first-order chi connectivity index (χ1) is 13.1. The van der Waals surface area contributed by atoms with E-state index in [2.05, 4.69) is 15.3 Å². The summed E-state index contributed by atoms with van der Waals surface area (Å²) in [5, 5.41) is 2.87. The van der Waals surface area contributed by atoms with Gasteiger partial charge in [0.2, 0.25) is 5.91 Å². The van der Waals surface area contributed by atoms with Crippen LogP contribution in [0.2, 0.25) is 0 Å². The predicted octanol–water partition coefficient (Wildman–Crippen LogP) is 2.75. The minimum absolute atomic E-state index is 0.0280. The molecule has 0 bridgehead atoms. The minimum atomic E-state index is -0.0893. The minimum Gasteiger partial charge on any atom is -0.356 e. The lowest BCUT2D eigenvalue weighted by Gasteiger charge is -2.14. The number of benzene rings is 1. The highest BCUT2D eigenvalue weighted by atomic mass is 32.2. The van der Waals surface area contributed by atoms with Crippen molar-refractivity contribution in [2.75, 3.05) is 13.1 Å². The topological polar surface area (TPSA) is 78.1 Å². The van der Waals surface area contributed by atoms with Crippen LogP contribution in [0.15, 0.2) is 47.8 Å². The Balaban J connectivity index is 1.42. The monoisotopic (exact) mass is 400 g/mol. The Hall–Kier alpha value is -2.45. The molecule has 1 saturated heterocycles. The van der Waals surface area contributed by atoms with Crippen LogP contribution in [0.3, 0.4) is 0 Å². The molecule has 0 saturated carbocycles. The number of nitrogens with one attached hydrogen (secondary N) is 2. The highest BCUT2D eigenvalue weighted by Gasteiger charge is 2.31. The average molecular weight is 401 g/mol. The molecule has 3 rings (SSSR count). The molecule has 2 N–H and O–H groups in total. The third-order valence-electron chi connectivity index (χ3n) is 4.03. The number of amides is 2. The Labute approximate surface area is 167 Å². The van der Waals surface area contributed by atoms with Gasteiger partial charge in [0, 0.05) is 37.8 Å². The van der Waals surface area contributed by atoms with E-state index in [1.807, 2.05) is 36.4 Å². The Bertz CT molecular complexity index is 835. The van der Waals surface area contributed by atoms with Gasteiger partial charge in [-0.3, -0.25) is 14.5 Å². The number of hydrogen-bond donors (Lipinski definition) is 2. The summed E-state index contributed by atoms with van der Waals surface area (Å²) in [6.45, 7) is 1.01. The molecule has 140 valence electrons. The second kappa shape index (κ2) is 9.48. The molecule has 1 fully saturated rings. The fraction of sp³-hybridized carbons (Fsp3) is 0.263. The third kappa shape index (κ3) is 5.51. The van der Waals surface area contributed by atoms with Crippen molar-refractivity contribution in [3.63, 3.8) is 0 Å². The van der Waals surface area contributed by atoms with E-state index in [1.54, 1.807) is 17.4 Å². The molecule has 1 aliphatic rings. The maximum Gasteiger partial charge on any atom is 0.266 e. The van der Waals surface area contributed by atoms with E-state index in [-0.39, 0.29) is 11.8 Å². The zero-order chi connectivity index (χ0) is 19.1. The lowest BCUT2D eigenvalue weighted by molar-refractivity contribution is -0.123. The number of carbonyl (C=O) groups excluding carboxylic acids is 2. The first-order valence-electron chi connectivity index (χ1n) is 8.68. The Morgan fingerprint density at radius 1 is 1.33 bits per heavy atom. The van der Waals surface area contributed by atoms with Gasteiger partial charge in [0.15, 0.2) is 0 Å². The smallest absolute Gasteiger partial charge is 0.266 e. The number of aromatic amines is 1. The Morgan fingerprint density at radius 3 is 2.89 bits per heavy atom. The summed E-state index contributed by atoms with van der Waals surface area (Å²) in [5.41, 5.74) is 1.95. The van der Waals surface area contributed by atoms with Crippen molar-refractivity contribution < 1.29 is 9.59 Å². The number of carbonyl (C=O) groups is 2. The van der Waals surface area contributed by atoms with Crippen LogP contribution in [0.4, 0.5) is 0 Å². The fourth-order valence-corrected chi connectivity index (χ4v) is 3.95. The van der Waals surface area contributed by atoms with Crippen LogP contribution >= 0.6 is 24.0 Å². The fourth-order valence-electron chi connectivity index (χ4n) is 2.64. The maximum absolute atomic E-state index is 12.5. The lowest BCUT2D eigenvalue weighted by atomic mass is 10.2. The van der Waals surface area contributed by atoms with Crippen LogP contribution in [0.5, 0.6) is 0 Å². The molecule has 0 radical (unpaired) electrons. The number of hydrogen-bond acceptors (Lipinski definition) is 5.